The van der Waals surface area contributed by atoms with Crippen molar-refractivity contribution in [1.82, 2.24) is 19.9 Å². The second-order valence-corrected chi connectivity index (χ2v) is 1.83. The van der Waals surface area contributed by atoms with E-state index >= 15 is 0 Å². The lowest BCUT2D eigenvalue weighted by molar-refractivity contribution is 0.567. The fourth-order valence-corrected chi connectivity index (χ4v) is 0.693. The van der Waals surface area contributed by atoms with Gasteiger partial charge in [-0.05, 0) is 0 Å². The second kappa shape index (κ2) is 2.45. The Bertz CT molecular complexity index is 318. The smallest absolute Gasteiger partial charge is 0.200 e. The molecule has 0 aliphatic carbocycles. The number of nitrogens with zero attached hydrogens (tertiary/aromatic N) is 4. The predicted octanol–water partition coefficient (Wildman–Crippen LogP) is 0.527. The van der Waals surface area contributed by atoms with Gasteiger partial charge in [-0.15, -0.1) is 0 Å². The van der Waals surface area contributed by atoms with E-state index in [0.717, 1.165) is 0 Å². The maximum Gasteiger partial charge on any atom is 0.200 e. The van der Waals surface area contributed by atoms with Crippen molar-refractivity contribution in [3.8, 4) is 11.6 Å². The van der Waals surface area contributed by atoms with E-state index in [1.165, 1.54) is 19.0 Å². The molecule has 2 aromatic heterocycles. The highest BCUT2D eigenvalue weighted by Crippen LogP contribution is 2.09. The molecule has 2 rings (SSSR count). The largest absolute Gasteiger partial charge is 0.440 e. The monoisotopic (exact) mass is 148 g/mol. The average Bonchev–Trinajstić information content (AvgIpc) is 2.58. The van der Waals surface area contributed by atoms with Crippen molar-refractivity contribution in [1.29, 1.82) is 0 Å². The SMILES string of the molecule is c1ncnc(-c2cnco2)n1. The molecule has 0 spiro atoms. The number of aromatic nitrogens is 4. The second-order valence-electron chi connectivity index (χ2n) is 1.83. The van der Waals surface area contributed by atoms with Crippen molar-refractivity contribution in [3.05, 3.63) is 25.2 Å². The van der Waals surface area contributed by atoms with Crippen LogP contribution in [0, 0.1) is 0 Å². The van der Waals surface area contributed by atoms with Crippen LogP contribution in [0.1, 0.15) is 0 Å². The molecular formula is C6H4N4O. The van der Waals surface area contributed by atoms with Crippen LogP contribution in [0.25, 0.3) is 11.6 Å². The van der Waals surface area contributed by atoms with Crippen LogP contribution in [0.5, 0.6) is 0 Å². The number of hydrogen-bond donors (Lipinski definition) is 0. The van der Waals surface area contributed by atoms with Crippen molar-refractivity contribution < 1.29 is 4.42 Å². The van der Waals surface area contributed by atoms with Crippen LogP contribution in [0.3, 0.4) is 0 Å². The molecule has 0 radical (unpaired) electrons. The Balaban J connectivity index is 2.46. The minimum Gasteiger partial charge on any atom is -0.440 e. The Hall–Kier alpha value is -1.78. The third-order valence-corrected chi connectivity index (χ3v) is 1.15. The molecular weight excluding hydrogens is 144 g/mol. The minimum absolute atomic E-state index is 0.498. The van der Waals surface area contributed by atoms with Crippen LogP contribution < -0.4 is 0 Å². The topological polar surface area (TPSA) is 64.7 Å². The maximum absolute atomic E-state index is 4.96. The molecule has 0 aromatic carbocycles. The molecule has 0 N–H and O–H groups in total. The first-order chi connectivity index (χ1) is 5.47. The number of oxazole rings is 1. The van der Waals surface area contributed by atoms with Gasteiger partial charge in [0.05, 0.1) is 6.20 Å². The number of hydrogen-bond acceptors (Lipinski definition) is 5. The van der Waals surface area contributed by atoms with E-state index in [-0.39, 0.29) is 0 Å². The van der Waals surface area contributed by atoms with Crippen molar-refractivity contribution in [2.24, 2.45) is 0 Å². The first kappa shape index (κ1) is 5.96. The maximum atomic E-state index is 4.96. The van der Waals surface area contributed by atoms with Gasteiger partial charge < -0.3 is 4.42 Å². The van der Waals surface area contributed by atoms with Crippen LogP contribution in [-0.4, -0.2) is 19.9 Å². The third-order valence-electron chi connectivity index (χ3n) is 1.15. The normalized spacial score (nSPS) is 9.82. The van der Waals surface area contributed by atoms with Crippen LogP contribution in [0.4, 0.5) is 0 Å². The van der Waals surface area contributed by atoms with Gasteiger partial charge in [0.2, 0.25) is 0 Å². The van der Waals surface area contributed by atoms with Gasteiger partial charge >= 0.3 is 0 Å². The first-order valence-electron chi connectivity index (χ1n) is 2.97. The molecule has 0 bridgehead atoms. The van der Waals surface area contributed by atoms with Gasteiger partial charge in [0.15, 0.2) is 18.0 Å². The summed E-state index contributed by atoms with van der Waals surface area (Å²) >= 11 is 0. The zero-order valence-electron chi connectivity index (χ0n) is 5.51. The fourth-order valence-electron chi connectivity index (χ4n) is 0.693. The van der Waals surface area contributed by atoms with Crippen LogP contribution >= 0.6 is 0 Å². The van der Waals surface area contributed by atoms with Gasteiger partial charge in [0.1, 0.15) is 12.7 Å². The summed E-state index contributed by atoms with van der Waals surface area (Å²) in [6.45, 7) is 0. The molecule has 0 fully saturated rings. The van der Waals surface area contributed by atoms with Gasteiger partial charge in [0, 0.05) is 0 Å². The predicted molar refractivity (Wildman–Crippen MR) is 35.3 cm³/mol. The van der Waals surface area contributed by atoms with E-state index in [1.54, 1.807) is 6.20 Å². The van der Waals surface area contributed by atoms with Gasteiger partial charge in [-0.1, -0.05) is 0 Å². The minimum atomic E-state index is 0.498. The molecule has 0 atom stereocenters. The summed E-state index contributed by atoms with van der Waals surface area (Å²) in [5, 5.41) is 0. The summed E-state index contributed by atoms with van der Waals surface area (Å²) in [7, 11) is 0. The lowest BCUT2D eigenvalue weighted by Crippen LogP contribution is -1.86. The Morgan fingerprint density at radius 2 is 1.91 bits per heavy atom. The summed E-state index contributed by atoms with van der Waals surface area (Å²) in [5.41, 5.74) is 0. The highest BCUT2D eigenvalue weighted by Gasteiger charge is 2.01. The van der Waals surface area contributed by atoms with E-state index in [1.807, 2.05) is 0 Å². The Morgan fingerprint density at radius 1 is 1.09 bits per heavy atom. The van der Waals surface area contributed by atoms with Crippen LogP contribution in [0.15, 0.2) is 29.7 Å². The molecule has 0 saturated carbocycles. The zero-order chi connectivity index (χ0) is 7.52. The van der Waals surface area contributed by atoms with Gasteiger partial charge in [-0.25, -0.2) is 19.9 Å². The Labute approximate surface area is 62.2 Å². The molecule has 0 aliphatic rings. The molecule has 2 heterocycles. The average molecular weight is 148 g/mol. The van der Waals surface area contributed by atoms with E-state index in [9.17, 15) is 0 Å². The van der Waals surface area contributed by atoms with E-state index < -0.39 is 0 Å². The van der Waals surface area contributed by atoms with Gasteiger partial charge in [-0.2, -0.15) is 0 Å². The third kappa shape index (κ3) is 1.07. The van der Waals surface area contributed by atoms with Crippen LogP contribution in [0.2, 0.25) is 0 Å². The van der Waals surface area contributed by atoms with E-state index in [2.05, 4.69) is 19.9 Å². The fraction of sp³-hybridized carbons (Fsp3) is 0. The highest BCUT2D eigenvalue weighted by atomic mass is 16.3. The molecule has 0 amide bonds. The molecule has 54 valence electrons. The lowest BCUT2D eigenvalue weighted by Gasteiger charge is -1.88. The molecule has 2 aromatic rings. The first-order valence-corrected chi connectivity index (χ1v) is 2.97. The van der Waals surface area contributed by atoms with Gasteiger partial charge in [0.25, 0.3) is 0 Å². The summed E-state index contributed by atoms with van der Waals surface area (Å²) in [6.07, 6.45) is 5.70. The zero-order valence-corrected chi connectivity index (χ0v) is 5.51. The van der Waals surface area contributed by atoms with E-state index in [0.29, 0.717) is 11.6 Å². The molecule has 11 heavy (non-hydrogen) atoms. The summed E-state index contributed by atoms with van der Waals surface area (Å²) in [6, 6.07) is 0. The summed E-state index contributed by atoms with van der Waals surface area (Å²) in [5.74, 6) is 1.05. The van der Waals surface area contributed by atoms with Gasteiger partial charge in [-0.3, -0.25) is 0 Å². The summed E-state index contributed by atoms with van der Waals surface area (Å²) in [4.78, 5) is 15.1. The molecule has 0 saturated heterocycles. The Kier molecular flexibility index (Phi) is 1.33. The van der Waals surface area contributed by atoms with Crippen molar-refractivity contribution in [3.63, 3.8) is 0 Å². The van der Waals surface area contributed by atoms with E-state index in [4.69, 9.17) is 4.42 Å². The molecule has 5 nitrogen and oxygen atoms in total. The quantitative estimate of drug-likeness (QED) is 0.590. The highest BCUT2D eigenvalue weighted by molar-refractivity contribution is 5.42. The van der Waals surface area contributed by atoms with Crippen molar-refractivity contribution in [2.75, 3.05) is 0 Å². The standard InChI is InChI=1S/C6H4N4O/c1-5(11-4-7-1)6-9-2-8-3-10-6/h1-4H. The molecule has 0 unspecified atom stereocenters. The lowest BCUT2D eigenvalue weighted by atomic mass is 10.5. The van der Waals surface area contributed by atoms with Crippen molar-refractivity contribution >= 4 is 0 Å². The molecule has 0 aliphatic heterocycles. The summed E-state index contributed by atoms with van der Waals surface area (Å²) < 4.78 is 4.96. The van der Waals surface area contributed by atoms with Crippen molar-refractivity contribution in [2.45, 2.75) is 0 Å². The molecule has 5 heteroatoms. The number of rotatable bonds is 1. The Morgan fingerprint density at radius 3 is 2.55 bits per heavy atom. The van der Waals surface area contributed by atoms with Crippen LogP contribution in [-0.2, 0) is 0 Å².